The van der Waals surface area contributed by atoms with Gasteiger partial charge in [0.2, 0.25) is 0 Å². The fourth-order valence-corrected chi connectivity index (χ4v) is 5.03. The third-order valence-corrected chi connectivity index (χ3v) is 6.95. The molecule has 5 nitrogen and oxygen atoms in total. The van der Waals surface area contributed by atoms with Crippen LogP contribution in [-0.4, -0.2) is 21.4 Å². The molecule has 0 spiro atoms. The van der Waals surface area contributed by atoms with Gasteiger partial charge in [0.15, 0.2) is 5.78 Å². The molecule has 0 fully saturated rings. The molecule has 0 bridgehead atoms. The lowest BCUT2D eigenvalue weighted by Crippen LogP contribution is -2.11. The highest BCUT2D eigenvalue weighted by atomic mass is 16.4. The molecule has 1 unspecified atom stereocenters. The Balaban J connectivity index is 1.74. The molecular formula is C32H42N2O3. The molecule has 0 radical (unpaired) electrons. The molecule has 0 saturated carbocycles. The first-order valence-electron chi connectivity index (χ1n) is 13.6. The Morgan fingerprint density at radius 3 is 2.24 bits per heavy atom. The summed E-state index contributed by atoms with van der Waals surface area (Å²) >= 11 is 0. The lowest BCUT2D eigenvalue weighted by atomic mass is 9.97. The summed E-state index contributed by atoms with van der Waals surface area (Å²) in [5.74, 6) is -0.141. The Morgan fingerprint density at radius 1 is 1.00 bits per heavy atom. The summed E-state index contributed by atoms with van der Waals surface area (Å²) in [5, 5.41) is 12.6. The number of nitrogens with zero attached hydrogens (tertiary/aromatic N) is 1. The minimum Gasteiger partial charge on any atom is -0.481 e. The van der Waals surface area contributed by atoms with Gasteiger partial charge in [-0.3, -0.25) is 9.59 Å². The van der Waals surface area contributed by atoms with E-state index >= 15 is 0 Å². The molecule has 2 N–H and O–H groups in total. The van der Waals surface area contributed by atoms with Gasteiger partial charge in [0, 0.05) is 41.7 Å². The highest BCUT2D eigenvalue weighted by molar-refractivity contribution is 6.10. The third-order valence-electron chi connectivity index (χ3n) is 6.95. The van der Waals surface area contributed by atoms with Crippen molar-refractivity contribution in [3.05, 3.63) is 88.2 Å². The summed E-state index contributed by atoms with van der Waals surface area (Å²) in [5.41, 5.74) is 7.01. The second-order valence-electron chi connectivity index (χ2n) is 10.4. The number of hydrogen-bond acceptors (Lipinski definition) is 3. The molecule has 37 heavy (non-hydrogen) atoms. The van der Waals surface area contributed by atoms with Gasteiger partial charge in [-0.05, 0) is 79.5 Å². The second kappa shape index (κ2) is 13.3. The SMILES string of the molecule is CCCC(Nc1ccc(C(=O)c2cc(CCCC(=O)O)n(C)c2CC)cc1)c1ccc(CC(C)C)cc1. The number of nitrogens with one attached hydrogen (secondary N) is 1. The molecule has 1 aromatic heterocycles. The number of ketones is 1. The maximum Gasteiger partial charge on any atom is 0.303 e. The number of carboxylic acids is 1. The highest BCUT2D eigenvalue weighted by Crippen LogP contribution is 2.26. The van der Waals surface area contributed by atoms with Crippen molar-refractivity contribution in [3.63, 3.8) is 0 Å². The number of aliphatic carboxylic acids is 1. The van der Waals surface area contributed by atoms with Crippen molar-refractivity contribution in [2.45, 2.75) is 78.7 Å². The smallest absolute Gasteiger partial charge is 0.303 e. The topological polar surface area (TPSA) is 71.3 Å². The summed E-state index contributed by atoms with van der Waals surface area (Å²) in [6.45, 7) is 8.73. The van der Waals surface area contributed by atoms with Gasteiger partial charge in [-0.2, -0.15) is 0 Å². The number of benzene rings is 2. The molecule has 0 aliphatic rings. The van der Waals surface area contributed by atoms with Crippen molar-refractivity contribution in [3.8, 4) is 0 Å². The molecule has 0 saturated heterocycles. The van der Waals surface area contributed by atoms with Crippen LogP contribution in [0.5, 0.6) is 0 Å². The van der Waals surface area contributed by atoms with Crippen LogP contribution >= 0.6 is 0 Å². The molecule has 198 valence electrons. The number of carboxylic acid groups (broad SMARTS) is 1. The van der Waals surface area contributed by atoms with E-state index in [1.807, 2.05) is 48.9 Å². The summed E-state index contributed by atoms with van der Waals surface area (Å²) in [7, 11) is 1.96. The lowest BCUT2D eigenvalue weighted by Gasteiger charge is -2.21. The number of carbonyl (C=O) groups is 2. The quantitative estimate of drug-likeness (QED) is 0.226. The fraction of sp³-hybridized carbons (Fsp3) is 0.438. The van der Waals surface area contributed by atoms with Gasteiger partial charge in [-0.1, -0.05) is 58.4 Å². The Kier molecular flexibility index (Phi) is 10.1. The third kappa shape index (κ3) is 7.58. The van der Waals surface area contributed by atoms with E-state index in [1.54, 1.807) is 0 Å². The van der Waals surface area contributed by atoms with Gasteiger partial charge in [0.25, 0.3) is 0 Å². The minimum absolute atomic E-state index is 0.00864. The molecule has 5 heteroatoms. The average molecular weight is 503 g/mol. The minimum atomic E-state index is -0.792. The van der Waals surface area contributed by atoms with Gasteiger partial charge in [-0.15, -0.1) is 0 Å². The van der Waals surface area contributed by atoms with Crippen LogP contribution in [0.15, 0.2) is 54.6 Å². The normalized spacial score (nSPS) is 12.1. The van der Waals surface area contributed by atoms with E-state index in [0.29, 0.717) is 29.9 Å². The van der Waals surface area contributed by atoms with Crippen molar-refractivity contribution in [2.75, 3.05) is 5.32 Å². The Labute approximate surface area is 221 Å². The van der Waals surface area contributed by atoms with Crippen molar-refractivity contribution in [2.24, 2.45) is 13.0 Å². The van der Waals surface area contributed by atoms with Crippen LogP contribution in [0.25, 0.3) is 0 Å². The van der Waals surface area contributed by atoms with E-state index in [2.05, 4.69) is 50.4 Å². The van der Waals surface area contributed by atoms with E-state index in [4.69, 9.17) is 5.11 Å². The van der Waals surface area contributed by atoms with Crippen molar-refractivity contribution in [1.82, 2.24) is 4.57 Å². The summed E-state index contributed by atoms with van der Waals surface area (Å²) in [4.78, 5) is 24.3. The zero-order valence-electron chi connectivity index (χ0n) is 23.0. The molecule has 0 aliphatic heterocycles. The van der Waals surface area contributed by atoms with Gasteiger partial charge in [-0.25, -0.2) is 0 Å². The molecule has 3 aromatic rings. The van der Waals surface area contributed by atoms with Crippen LogP contribution in [0.2, 0.25) is 0 Å². The summed E-state index contributed by atoms with van der Waals surface area (Å²) < 4.78 is 2.05. The second-order valence-corrected chi connectivity index (χ2v) is 10.4. The standard InChI is InChI=1S/C32H42N2O3/c1-6-9-29(24-14-12-23(13-15-24)20-22(3)4)33-26-18-16-25(17-19-26)32(37)28-21-27(10-8-11-31(35)36)34(5)30(28)7-2/h12-19,21-22,29,33H,6-11,20H2,1-5H3,(H,35,36). The van der Waals surface area contributed by atoms with Crippen LogP contribution in [0, 0.1) is 5.92 Å². The Hall–Kier alpha value is -3.34. The predicted molar refractivity (Wildman–Crippen MR) is 151 cm³/mol. The fourth-order valence-electron chi connectivity index (χ4n) is 5.03. The molecule has 3 rings (SSSR count). The molecule has 0 aliphatic carbocycles. The first-order valence-corrected chi connectivity index (χ1v) is 13.6. The van der Waals surface area contributed by atoms with E-state index in [9.17, 15) is 9.59 Å². The number of aromatic nitrogens is 1. The van der Waals surface area contributed by atoms with E-state index in [1.165, 1.54) is 11.1 Å². The van der Waals surface area contributed by atoms with Crippen molar-refractivity contribution < 1.29 is 14.7 Å². The maximum atomic E-state index is 13.4. The highest BCUT2D eigenvalue weighted by Gasteiger charge is 2.19. The number of rotatable bonds is 14. The van der Waals surface area contributed by atoms with Gasteiger partial charge in [0.1, 0.15) is 0 Å². The first-order chi connectivity index (χ1) is 17.7. The van der Waals surface area contributed by atoms with E-state index in [0.717, 1.165) is 42.8 Å². The molecule has 0 amide bonds. The summed E-state index contributed by atoms with van der Waals surface area (Å²) in [6, 6.07) is 18.9. The summed E-state index contributed by atoms with van der Waals surface area (Å²) in [6.07, 6.45) is 5.26. The number of aryl methyl sites for hydroxylation is 1. The largest absolute Gasteiger partial charge is 0.481 e. The monoisotopic (exact) mass is 502 g/mol. The Morgan fingerprint density at radius 2 is 1.68 bits per heavy atom. The van der Waals surface area contributed by atoms with Crippen LogP contribution in [0.1, 0.15) is 97.9 Å². The maximum absolute atomic E-state index is 13.4. The first kappa shape index (κ1) is 28.2. The molecular weight excluding hydrogens is 460 g/mol. The van der Waals surface area contributed by atoms with Crippen molar-refractivity contribution >= 4 is 17.4 Å². The van der Waals surface area contributed by atoms with Crippen LogP contribution in [0.4, 0.5) is 5.69 Å². The predicted octanol–water partition coefficient (Wildman–Crippen LogP) is 7.38. The zero-order valence-corrected chi connectivity index (χ0v) is 23.0. The van der Waals surface area contributed by atoms with Crippen LogP contribution in [-0.2, 0) is 31.1 Å². The van der Waals surface area contributed by atoms with Gasteiger partial charge >= 0.3 is 5.97 Å². The van der Waals surface area contributed by atoms with Crippen molar-refractivity contribution in [1.29, 1.82) is 0 Å². The van der Waals surface area contributed by atoms with Crippen LogP contribution in [0.3, 0.4) is 0 Å². The lowest BCUT2D eigenvalue weighted by molar-refractivity contribution is -0.137. The number of anilines is 1. The Bertz CT molecular complexity index is 1170. The average Bonchev–Trinajstić information content (AvgIpc) is 3.18. The molecule has 1 atom stereocenters. The van der Waals surface area contributed by atoms with Gasteiger partial charge < -0.3 is 15.0 Å². The molecule has 2 aromatic carbocycles. The van der Waals surface area contributed by atoms with E-state index < -0.39 is 5.97 Å². The molecule has 1 heterocycles. The number of carbonyl (C=O) groups excluding carboxylic acids is 1. The van der Waals surface area contributed by atoms with Crippen LogP contribution < -0.4 is 5.32 Å². The van der Waals surface area contributed by atoms with Gasteiger partial charge in [0.05, 0.1) is 6.04 Å². The number of hydrogen-bond donors (Lipinski definition) is 2. The zero-order chi connectivity index (χ0) is 26.9. The van der Waals surface area contributed by atoms with E-state index in [-0.39, 0.29) is 18.2 Å².